The maximum absolute atomic E-state index is 9.02. The number of aliphatic hydroxyl groups is 1. The Bertz CT molecular complexity index is 857. The van der Waals surface area contributed by atoms with Crippen LogP contribution in [0.1, 0.15) is 5.56 Å². The van der Waals surface area contributed by atoms with Gasteiger partial charge in [0.25, 0.3) is 0 Å². The fourth-order valence-corrected chi connectivity index (χ4v) is 2.42. The number of benzene rings is 1. The molecular formula is C18H18ClN5O. The number of hydrogen-bond acceptors (Lipinski definition) is 6. The zero-order chi connectivity index (χ0) is 17.6. The van der Waals surface area contributed by atoms with Crippen LogP contribution in [0.25, 0.3) is 11.3 Å². The first kappa shape index (κ1) is 17.1. The van der Waals surface area contributed by atoms with Crippen LogP contribution in [0, 0.1) is 6.92 Å². The highest BCUT2D eigenvalue weighted by atomic mass is 35.5. The van der Waals surface area contributed by atoms with Gasteiger partial charge in [0.15, 0.2) is 0 Å². The molecule has 2 aromatic heterocycles. The summed E-state index contributed by atoms with van der Waals surface area (Å²) in [5.41, 5.74) is 3.55. The summed E-state index contributed by atoms with van der Waals surface area (Å²) < 4.78 is 0. The zero-order valence-electron chi connectivity index (χ0n) is 13.7. The third-order valence-corrected chi connectivity index (χ3v) is 3.95. The van der Waals surface area contributed by atoms with Crippen molar-refractivity contribution in [1.82, 2.24) is 15.0 Å². The number of aromatic nitrogens is 3. The molecule has 2 heterocycles. The Balaban J connectivity index is 1.95. The Kier molecular flexibility index (Phi) is 5.42. The van der Waals surface area contributed by atoms with E-state index in [1.165, 1.54) is 0 Å². The molecule has 7 heteroatoms. The van der Waals surface area contributed by atoms with Gasteiger partial charge in [0, 0.05) is 41.3 Å². The highest BCUT2D eigenvalue weighted by molar-refractivity contribution is 6.31. The second-order valence-corrected chi connectivity index (χ2v) is 5.84. The van der Waals surface area contributed by atoms with E-state index in [-0.39, 0.29) is 6.61 Å². The van der Waals surface area contributed by atoms with Gasteiger partial charge in [-0.15, -0.1) is 0 Å². The minimum atomic E-state index is 0.00197. The van der Waals surface area contributed by atoms with E-state index in [1.54, 1.807) is 12.4 Å². The van der Waals surface area contributed by atoms with Crippen molar-refractivity contribution in [2.24, 2.45) is 0 Å². The number of nitrogens with one attached hydrogen (secondary N) is 2. The summed E-state index contributed by atoms with van der Waals surface area (Å²) in [7, 11) is 0. The van der Waals surface area contributed by atoms with Crippen molar-refractivity contribution >= 4 is 29.1 Å². The van der Waals surface area contributed by atoms with E-state index in [9.17, 15) is 0 Å². The average Bonchev–Trinajstić information content (AvgIpc) is 2.63. The Morgan fingerprint density at radius 1 is 1.08 bits per heavy atom. The molecule has 0 atom stereocenters. The van der Waals surface area contributed by atoms with Crippen molar-refractivity contribution in [2.75, 3.05) is 23.8 Å². The second-order valence-electron chi connectivity index (χ2n) is 5.44. The van der Waals surface area contributed by atoms with Crippen LogP contribution in [0.15, 0.2) is 48.8 Å². The molecule has 0 saturated carbocycles. The van der Waals surface area contributed by atoms with Crippen molar-refractivity contribution < 1.29 is 5.11 Å². The number of nitrogens with zero attached hydrogens (tertiary/aromatic N) is 3. The van der Waals surface area contributed by atoms with Gasteiger partial charge in [-0.25, -0.2) is 4.98 Å². The SMILES string of the molecule is Cc1cc(Nc2cc(-c3ccncc3)nc(NCCO)n2)ccc1Cl. The number of hydrogen-bond donors (Lipinski definition) is 3. The number of pyridine rings is 1. The lowest BCUT2D eigenvalue weighted by molar-refractivity contribution is 0.311. The number of aliphatic hydroxyl groups excluding tert-OH is 1. The fourth-order valence-electron chi connectivity index (χ4n) is 2.30. The smallest absolute Gasteiger partial charge is 0.225 e. The Morgan fingerprint density at radius 3 is 2.60 bits per heavy atom. The first-order chi connectivity index (χ1) is 12.2. The van der Waals surface area contributed by atoms with Crippen LogP contribution in [0.5, 0.6) is 0 Å². The topological polar surface area (TPSA) is 83.0 Å². The lowest BCUT2D eigenvalue weighted by Crippen LogP contribution is -2.10. The maximum Gasteiger partial charge on any atom is 0.225 e. The summed E-state index contributed by atoms with van der Waals surface area (Å²) in [5, 5.41) is 16.0. The van der Waals surface area contributed by atoms with Crippen molar-refractivity contribution in [3.05, 3.63) is 59.4 Å². The van der Waals surface area contributed by atoms with E-state index in [1.807, 2.05) is 43.3 Å². The summed E-state index contributed by atoms with van der Waals surface area (Å²) in [4.78, 5) is 13.0. The number of halogens is 1. The van der Waals surface area contributed by atoms with Gasteiger partial charge >= 0.3 is 0 Å². The van der Waals surface area contributed by atoms with Gasteiger partial charge in [0.2, 0.25) is 5.95 Å². The molecule has 0 saturated heterocycles. The van der Waals surface area contributed by atoms with Crippen LogP contribution < -0.4 is 10.6 Å². The zero-order valence-corrected chi connectivity index (χ0v) is 14.5. The van der Waals surface area contributed by atoms with Gasteiger partial charge < -0.3 is 15.7 Å². The Hall–Kier alpha value is -2.70. The van der Waals surface area contributed by atoms with Gasteiger partial charge in [0.05, 0.1) is 12.3 Å². The van der Waals surface area contributed by atoms with Crippen LogP contribution in [-0.4, -0.2) is 33.2 Å². The van der Waals surface area contributed by atoms with Crippen LogP contribution in [0.4, 0.5) is 17.5 Å². The number of anilines is 3. The molecule has 3 rings (SSSR count). The van der Waals surface area contributed by atoms with Crippen molar-refractivity contribution in [3.8, 4) is 11.3 Å². The van der Waals surface area contributed by atoms with E-state index in [4.69, 9.17) is 16.7 Å². The minimum absolute atomic E-state index is 0.00197. The highest BCUT2D eigenvalue weighted by Gasteiger charge is 2.08. The summed E-state index contributed by atoms with van der Waals surface area (Å²) >= 11 is 6.08. The molecule has 0 bridgehead atoms. The largest absolute Gasteiger partial charge is 0.395 e. The summed E-state index contributed by atoms with van der Waals surface area (Å²) in [6.07, 6.45) is 3.43. The van der Waals surface area contributed by atoms with Crippen molar-refractivity contribution in [2.45, 2.75) is 6.92 Å². The molecule has 0 unspecified atom stereocenters. The van der Waals surface area contributed by atoms with Gasteiger partial charge in [-0.1, -0.05) is 11.6 Å². The van der Waals surface area contributed by atoms with Gasteiger partial charge in [-0.2, -0.15) is 4.98 Å². The maximum atomic E-state index is 9.02. The van der Waals surface area contributed by atoms with E-state index in [2.05, 4.69) is 25.6 Å². The summed E-state index contributed by atoms with van der Waals surface area (Å²) in [6, 6.07) is 11.3. The molecule has 0 aliphatic heterocycles. The van der Waals surface area contributed by atoms with Crippen molar-refractivity contribution in [3.63, 3.8) is 0 Å². The third-order valence-electron chi connectivity index (χ3n) is 3.53. The molecule has 0 spiro atoms. The molecule has 0 amide bonds. The molecule has 0 aliphatic rings. The lowest BCUT2D eigenvalue weighted by Gasteiger charge is -2.12. The van der Waals surface area contributed by atoms with E-state index in [0.29, 0.717) is 18.3 Å². The van der Waals surface area contributed by atoms with E-state index in [0.717, 1.165) is 27.5 Å². The number of rotatable bonds is 6. The van der Waals surface area contributed by atoms with E-state index >= 15 is 0 Å². The molecular weight excluding hydrogens is 338 g/mol. The molecule has 6 nitrogen and oxygen atoms in total. The molecule has 128 valence electrons. The highest BCUT2D eigenvalue weighted by Crippen LogP contribution is 2.25. The molecule has 25 heavy (non-hydrogen) atoms. The first-order valence-electron chi connectivity index (χ1n) is 7.83. The molecule has 3 N–H and O–H groups in total. The first-order valence-corrected chi connectivity index (χ1v) is 8.21. The molecule has 3 aromatic rings. The van der Waals surface area contributed by atoms with Crippen LogP contribution in [-0.2, 0) is 0 Å². The van der Waals surface area contributed by atoms with E-state index < -0.39 is 0 Å². The minimum Gasteiger partial charge on any atom is -0.395 e. The van der Waals surface area contributed by atoms with Gasteiger partial charge in [-0.05, 0) is 42.8 Å². The quantitative estimate of drug-likeness (QED) is 0.626. The second kappa shape index (κ2) is 7.92. The third kappa shape index (κ3) is 4.43. The Morgan fingerprint density at radius 2 is 1.88 bits per heavy atom. The average molecular weight is 356 g/mol. The molecule has 1 aromatic carbocycles. The Labute approximate surface area is 150 Å². The molecule has 0 aliphatic carbocycles. The normalized spacial score (nSPS) is 10.5. The van der Waals surface area contributed by atoms with Crippen LogP contribution >= 0.6 is 11.6 Å². The van der Waals surface area contributed by atoms with Crippen molar-refractivity contribution in [1.29, 1.82) is 0 Å². The molecule has 0 fully saturated rings. The lowest BCUT2D eigenvalue weighted by atomic mass is 10.2. The monoisotopic (exact) mass is 355 g/mol. The predicted molar refractivity (Wildman–Crippen MR) is 100 cm³/mol. The van der Waals surface area contributed by atoms with Crippen LogP contribution in [0.2, 0.25) is 5.02 Å². The summed E-state index contributed by atoms with van der Waals surface area (Å²) in [6.45, 7) is 2.32. The summed E-state index contributed by atoms with van der Waals surface area (Å²) in [5.74, 6) is 1.08. The standard InChI is InChI=1S/C18H18ClN5O/c1-12-10-14(2-3-15(12)19)22-17-11-16(13-4-6-20-7-5-13)23-18(24-17)21-8-9-25/h2-7,10-11,25H,8-9H2,1H3,(H2,21,22,23,24). The fraction of sp³-hybridized carbons (Fsp3) is 0.167. The van der Waals surface area contributed by atoms with Gasteiger partial charge in [-0.3, -0.25) is 4.98 Å². The van der Waals surface area contributed by atoms with Crippen LogP contribution in [0.3, 0.4) is 0 Å². The predicted octanol–water partition coefficient (Wildman–Crippen LogP) is 3.65. The number of aryl methyl sites for hydroxylation is 1. The van der Waals surface area contributed by atoms with Gasteiger partial charge in [0.1, 0.15) is 5.82 Å². The molecule has 0 radical (unpaired) electrons.